The van der Waals surface area contributed by atoms with Crippen molar-refractivity contribution in [2.24, 2.45) is 0 Å². The van der Waals surface area contributed by atoms with Crippen molar-refractivity contribution >= 4 is 11.6 Å². The van der Waals surface area contributed by atoms with Gasteiger partial charge in [0.2, 0.25) is 5.91 Å². The Hall–Kier alpha value is -2.49. The fourth-order valence-corrected chi connectivity index (χ4v) is 2.41. The van der Waals surface area contributed by atoms with Crippen LogP contribution in [0.5, 0.6) is 5.75 Å². The lowest BCUT2D eigenvalue weighted by atomic mass is 10.0. The van der Waals surface area contributed by atoms with Gasteiger partial charge in [0.25, 0.3) is 0 Å². The summed E-state index contributed by atoms with van der Waals surface area (Å²) >= 11 is 0. The van der Waals surface area contributed by atoms with E-state index in [1.807, 2.05) is 36.4 Å². The molecule has 2 aromatic rings. The zero-order valence-corrected chi connectivity index (χ0v) is 14.4. The number of rotatable bonds is 8. The maximum absolute atomic E-state index is 11.9. The third-order valence-corrected chi connectivity index (χ3v) is 3.92. The van der Waals surface area contributed by atoms with E-state index in [-0.39, 0.29) is 5.91 Å². The van der Waals surface area contributed by atoms with Crippen molar-refractivity contribution in [3.05, 3.63) is 59.7 Å². The predicted molar refractivity (Wildman–Crippen MR) is 98.2 cm³/mol. The molecular formula is C20H26N2O2. The van der Waals surface area contributed by atoms with E-state index in [0.717, 1.165) is 17.0 Å². The number of aryl methyl sites for hydroxylation is 1. The summed E-state index contributed by atoms with van der Waals surface area (Å²) in [6, 6.07) is 15.7. The second-order valence-corrected chi connectivity index (χ2v) is 6.12. The average molecular weight is 326 g/mol. The van der Waals surface area contributed by atoms with Crippen molar-refractivity contribution in [3.8, 4) is 5.75 Å². The van der Waals surface area contributed by atoms with Crippen molar-refractivity contribution < 1.29 is 9.53 Å². The number of amides is 1. The number of nitrogen functional groups attached to an aromatic ring is 1. The Morgan fingerprint density at radius 3 is 2.50 bits per heavy atom. The van der Waals surface area contributed by atoms with E-state index in [9.17, 15) is 4.79 Å². The molecule has 1 amide bonds. The molecule has 4 heteroatoms. The minimum absolute atomic E-state index is 0.0111. The molecule has 128 valence electrons. The molecule has 3 N–H and O–H groups in total. The molecule has 0 saturated heterocycles. The molecule has 0 atom stereocenters. The third kappa shape index (κ3) is 5.61. The van der Waals surface area contributed by atoms with Gasteiger partial charge >= 0.3 is 0 Å². The number of anilines is 1. The van der Waals surface area contributed by atoms with Gasteiger partial charge in [-0.15, -0.1) is 0 Å². The Bertz CT molecular complexity index is 651. The van der Waals surface area contributed by atoms with Crippen LogP contribution >= 0.6 is 0 Å². The standard InChI is InChI=1S/C20H26N2O2/c1-15(2)16-7-10-18(11-8-16)24-14-13-22-20(23)12-9-17-5-3-4-6-19(17)21/h3-8,10-11,15H,9,12-14,21H2,1-2H3,(H,22,23). The lowest BCUT2D eigenvalue weighted by Gasteiger charge is -2.10. The zero-order valence-electron chi connectivity index (χ0n) is 14.4. The van der Waals surface area contributed by atoms with Crippen LogP contribution in [0.1, 0.15) is 37.3 Å². The number of nitrogens with one attached hydrogen (secondary N) is 1. The summed E-state index contributed by atoms with van der Waals surface area (Å²) < 4.78 is 5.64. The van der Waals surface area contributed by atoms with Crippen LogP contribution in [-0.2, 0) is 11.2 Å². The second-order valence-electron chi connectivity index (χ2n) is 6.12. The number of nitrogens with two attached hydrogens (primary N) is 1. The van der Waals surface area contributed by atoms with Gasteiger partial charge in [-0.25, -0.2) is 0 Å². The van der Waals surface area contributed by atoms with Crippen molar-refractivity contribution in [1.82, 2.24) is 5.32 Å². The zero-order chi connectivity index (χ0) is 17.4. The number of para-hydroxylation sites is 1. The maximum Gasteiger partial charge on any atom is 0.220 e. The highest BCUT2D eigenvalue weighted by Crippen LogP contribution is 2.18. The molecule has 2 aromatic carbocycles. The van der Waals surface area contributed by atoms with Crippen LogP contribution in [0.2, 0.25) is 0 Å². The van der Waals surface area contributed by atoms with E-state index >= 15 is 0 Å². The van der Waals surface area contributed by atoms with Crippen molar-refractivity contribution in [1.29, 1.82) is 0 Å². The van der Waals surface area contributed by atoms with E-state index < -0.39 is 0 Å². The Morgan fingerprint density at radius 1 is 1.12 bits per heavy atom. The Labute approximate surface area is 144 Å². The number of ether oxygens (including phenoxy) is 1. The van der Waals surface area contributed by atoms with Gasteiger partial charge in [-0.1, -0.05) is 44.2 Å². The van der Waals surface area contributed by atoms with E-state index in [2.05, 4.69) is 31.3 Å². The number of hydrogen-bond acceptors (Lipinski definition) is 3. The Balaban J connectivity index is 1.65. The van der Waals surface area contributed by atoms with Gasteiger partial charge in [0, 0.05) is 12.1 Å². The lowest BCUT2D eigenvalue weighted by molar-refractivity contribution is -0.121. The SMILES string of the molecule is CC(C)c1ccc(OCCNC(=O)CCc2ccccc2N)cc1. The summed E-state index contributed by atoms with van der Waals surface area (Å²) in [6.07, 6.45) is 1.08. The first-order valence-electron chi connectivity index (χ1n) is 8.39. The normalized spacial score (nSPS) is 10.6. The molecule has 2 rings (SSSR count). The molecule has 0 aromatic heterocycles. The minimum atomic E-state index is 0.0111. The van der Waals surface area contributed by atoms with Crippen LogP contribution in [0.3, 0.4) is 0 Å². The van der Waals surface area contributed by atoms with Crippen LogP contribution in [0, 0.1) is 0 Å². The molecule has 4 nitrogen and oxygen atoms in total. The van der Waals surface area contributed by atoms with Crippen LogP contribution in [0.25, 0.3) is 0 Å². The highest BCUT2D eigenvalue weighted by molar-refractivity contribution is 5.76. The smallest absolute Gasteiger partial charge is 0.220 e. The summed E-state index contributed by atoms with van der Waals surface area (Å²) in [5.74, 6) is 1.35. The minimum Gasteiger partial charge on any atom is -0.492 e. The van der Waals surface area contributed by atoms with Gasteiger partial charge in [-0.05, 0) is 41.7 Å². The Kier molecular flexibility index (Phi) is 6.67. The first-order chi connectivity index (χ1) is 11.6. The fraction of sp³-hybridized carbons (Fsp3) is 0.350. The van der Waals surface area contributed by atoms with Gasteiger partial charge in [0.05, 0.1) is 6.54 Å². The summed E-state index contributed by atoms with van der Waals surface area (Å²) in [5.41, 5.74) is 8.90. The van der Waals surface area contributed by atoms with Gasteiger partial charge in [0.15, 0.2) is 0 Å². The molecule has 0 radical (unpaired) electrons. The first-order valence-corrected chi connectivity index (χ1v) is 8.39. The molecule has 24 heavy (non-hydrogen) atoms. The van der Waals surface area contributed by atoms with Crippen molar-refractivity contribution in [3.63, 3.8) is 0 Å². The van der Waals surface area contributed by atoms with E-state index in [4.69, 9.17) is 10.5 Å². The summed E-state index contributed by atoms with van der Waals surface area (Å²) in [5, 5.41) is 2.87. The van der Waals surface area contributed by atoms with E-state index in [1.165, 1.54) is 5.56 Å². The highest BCUT2D eigenvalue weighted by Gasteiger charge is 2.04. The molecule has 0 saturated carbocycles. The molecule has 0 spiro atoms. The molecule has 0 aliphatic rings. The highest BCUT2D eigenvalue weighted by atomic mass is 16.5. The largest absolute Gasteiger partial charge is 0.492 e. The van der Waals surface area contributed by atoms with Crippen molar-refractivity contribution in [2.75, 3.05) is 18.9 Å². The van der Waals surface area contributed by atoms with Crippen LogP contribution in [0.15, 0.2) is 48.5 Å². The van der Waals surface area contributed by atoms with Crippen LogP contribution < -0.4 is 15.8 Å². The summed E-state index contributed by atoms with van der Waals surface area (Å²) in [6.45, 7) is 5.28. The number of hydrogen-bond donors (Lipinski definition) is 2. The maximum atomic E-state index is 11.9. The Morgan fingerprint density at radius 2 is 1.83 bits per heavy atom. The lowest BCUT2D eigenvalue weighted by Crippen LogP contribution is -2.28. The molecule has 0 heterocycles. The first kappa shape index (κ1) is 17.9. The molecule has 0 unspecified atom stereocenters. The molecule has 0 aliphatic heterocycles. The quantitative estimate of drug-likeness (QED) is 0.576. The van der Waals surface area contributed by atoms with Crippen molar-refractivity contribution in [2.45, 2.75) is 32.6 Å². The number of benzene rings is 2. The monoisotopic (exact) mass is 326 g/mol. The second kappa shape index (κ2) is 8.96. The third-order valence-electron chi connectivity index (χ3n) is 3.92. The van der Waals surface area contributed by atoms with Gasteiger partial charge in [0.1, 0.15) is 12.4 Å². The van der Waals surface area contributed by atoms with Crippen LogP contribution in [0.4, 0.5) is 5.69 Å². The van der Waals surface area contributed by atoms with Gasteiger partial charge in [-0.3, -0.25) is 4.79 Å². The predicted octanol–water partition coefficient (Wildman–Crippen LogP) is 3.52. The molecule has 0 aliphatic carbocycles. The average Bonchev–Trinajstić information content (AvgIpc) is 2.58. The summed E-state index contributed by atoms with van der Waals surface area (Å²) in [7, 11) is 0. The van der Waals surface area contributed by atoms with Gasteiger partial charge < -0.3 is 15.8 Å². The van der Waals surface area contributed by atoms with Gasteiger partial charge in [-0.2, -0.15) is 0 Å². The fourth-order valence-electron chi connectivity index (χ4n) is 2.41. The van der Waals surface area contributed by atoms with Crippen LogP contribution in [-0.4, -0.2) is 19.1 Å². The molecular weight excluding hydrogens is 300 g/mol. The number of carbonyl (C=O) groups is 1. The topological polar surface area (TPSA) is 64.3 Å². The van der Waals surface area contributed by atoms with E-state index in [1.54, 1.807) is 0 Å². The molecule has 0 fully saturated rings. The van der Waals surface area contributed by atoms with E-state index in [0.29, 0.717) is 31.9 Å². The molecule has 0 bridgehead atoms. The number of carbonyl (C=O) groups excluding carboxylic acids is 1. The summed E-state index contributed by atoms with van der Waals surface area (Å²) in [4.78, 5) is 11.9.